The molecule has 23 heavy (non-hydrogen) atoms. The van der Waals surface area contributed by atoms with Crippen molar-refractivity contribution >= 4 is 11.6 Å². The summed E-state index contributed by atoms with van der Waals surface area (Å²) in [4.78, 5) is 16.1. The molecule has 2 heterocycles. The first kappa shape index (κ1) is 14.7. The van der Waals surface area contributed by atoms with Gasteiger partial charge in [0, 0.05) is 18.1 Å². The van der Waals surface area contributed by atoms with Crippen molar-refractivity contribution in [2.75, 3.05) is 11.9 Å². The summed E-state index contributed by atoms with van der Waals surface area (Å²) in [5.74, 6) is 1.04. The van der Waals surface area contributed by atoms with E-state index in [9.17, 15) is 4.79 Å². The second-order valence-electron chi connectivity index (χ2n) is 4.66. The third-order valence-corrected chi connectivity index (χ3v) is 3.08. The van der Waals surface area contributed by atoms with Gasteiger partial charge in [-0.3, -0.25) is 9.36 Å². The van der Waals surface area contributed by atoms with Gasteiger partial charge in [-0.2, -0.15) is 0 Å². The highest BCUT2D eigenvalue weighted by Crippen LogP contribution is 2.16. The van der Waals surface area contributed by atoms with E-state index in [2.05, 4.69) is 20.5 Å². The summed E-state index contributed by atoms with van der Waals surface area (Å²) in [5, 5.41) is 10.7. The van der Waals surface area contributed by atoms with E-state index in [4.69, 9.17) is 4.74 Å². The fourth-order valence-electron chi connectivity index (χ4n) is 1.97. The topological polar surface area (TPSA) is 81.9 Å². The minimum Gasteiger partial charge on any atom is -0.494 e. The van der Waals surface area contributed by atoms with Gasteiger partial charge in [0.15, 0.2) is 11.5 Å². The summed E-state index contributed by atoms with van der Waals surface area (Å²) in [5.41, 5.74) is 0.904. The summed E-state index contributed by atoms with van der Waals surface area (Å²) in [6.07, 6.45) is 5.02. The van der Waals surface area contributed by atoms with Crippen molar-refractivity contribution in [1.82, 2.24) is 19.7 Å². The average molecular weight is 309 g/mol. The maximum absolute atomic E-state index is 12.2. The Kier molecular flexibility index (Phi) is 4.28. The molecule has 2 aromatic heterocycles. The SMILES string of the molecule is CCOc1ccc(NC(=O)c2ccc(-n3ccnc3)nn2)cc1. The van der Waals surface area contributed by atoms with Crippen LogP contribution in [0, 0.1) is 0 Å². The largest absolute Gasteiger partial charge is 0.494 e. The smallest absolute Gasteiger partial charge is 0.276 e. The number of amides is 1. The Bertz CT molecular complexity index is 767. The summed E-state index contributed by atoms with van der Waals surface area (Å²) in [7, 11) is 0. The minimum atomic E-state index is -0.321. The normalized spacial score (nSPS) is 10.3. The van der Waals surface area contributed by atoms with Gasteiger partial charge in [0.25, 0.3) is 5.91 Å². The van der Waals surface area contributed by atoms with Crippen LogP contribution in [0.15, 0.2) is 55.1 Å². The summed E-state index contributed by atoms with van der Waals surface area (Å²) < 4.78 is 7.07. The molecule has 0 unspecified atom stereocenters. The number of anilines is 1. The number of rotatable bonds is 5. The number of imidazole rings is 1. The highest BCUT2D eigenvalue weighted by atomic mass is 16.5. The lowest BCUT2D eigenvalue weighted by Gasteiger charge is -2.07. The zero-order valence-electron chi connectivity index (χ0n) is 12.5. The zero-order valence-corrected chi connectivity index (χ0v) is 12.5. The van der Waals surface area contributed by atoms with Gasteiger partial charge < -0.3 is 10.1 Å². The number of hydrogen-bond acceptors (Lipinski definition) is 5. The molecule has 0 aliphatic heterocycles. The summed E-state index contributed by atoms with van der Waals surface area (Å²) >= 11 is 0. The van der Waals surface area contributed by atoms with Crippen LogP contribution in [0.2, 0.25) is 0 Å². The highest BCUT2D eigenvalue weighted by molar-refractivity contribution is 6.02. The predicted molar refractivity (Wildman–Crippen MR) is 84.7 cm³/mol. The van der Waals surface area contributed by atoms with E-state index < -0.39 is 0 Å². The molecule has 0 fully saturated rings. The van der Waals surface area contributed by atoms with Gasteiger partial charge in [0.05, 0.1) is 6.61 Å². The predicted octanol–water partition coefficient (Wildman–Crippen LogP) is 2.31. The van der Waals surface area contributed by atoms with Crippen LogP contribution in [0.3, 0.4) is 0 Å². The maximum Gasteiger partial charge on any atom is 0.276 e. The Balaban J connectivity index is 1.68. The number of benzene rings is 1. The van der Waals surface area contributed by atoms with E-state index in [0.29, 0.717) is 18.1 Å². The molecule has 0 saturated carbocycles. The Hall–Kier alpha value is -3.22. The lowest BCUT2D eigenvalue weighted by Crippen LogP contribution is -2.14. The molecule has 1 aromatic carbocycles. The van der Waals surface area contributed by atoms with Crippen LogP contribution in [-0.4, -0.2) is 32.3 Å². The van der Waals surface area contributed by atoms with E-state index in [-0.39, 0.29) is 11.6 Å². The second kappa shape index (κ2) is 6.69. The quantitative estimate of drug-likeness (QED) is 0.782. The standard InChI is InChI=1S/C16H15N5O2/c1-2-23-13-5-3-12(4-6-13)18-16(22)14-7-8-15(20-19-14)21-10-9-17-11-21/h3-11H,2H2,1H3,(H,18,22). The lowest BCUT2D eigenvalue weighted by molar-refractivity contribution is 0.102. The zero-order chi connectivity index (χ0) is 16.1. The number of carbonyl (C=O) groups is 1. The molecule has 1 amide bonds. The first-order chi connectivity index (χ1) is 11.3. The monoisotopic (exact) mass is 309 g/mol. The average Bonchev–Trinajstić information content (AvgIpc) is 3.11. The van der Waals surface area contributed by atoms with E-state index in [1.165, 1.54) is 0 Å². The molecule has 3 aromatic rings. The van der Waals surface area contributed by atoms with Gasteiger partial charge in [-0.15, -0.1) is 10.2 Å². The molecule has 116 valence electrons. The van der Waals surface area contributed by atoms with Gasteiger partial charge in [-0.05, 0) is 43.3 Å². The van der Waals surface area contributed by atoms with Crippen LogP contribution in [0.5, 0.6) is 5.75 Å². The van der Waals surface area contributed by atoms with Crippen molar-refractivity contribution in [3.8, 4) is 11.6 Å². The van der Waals surface area contributed by atoms with E-state index >= 15 is 0 Å². The van der Waals surface area contributed by atoms with E-state index in [0.717, 1.165) is 5.75 Å². The Morgan fingerprint density at radius 3 is 2.61 bits per heavy atom. The number of aromatic nitrogens is 4. The Morgan fingerprint density at radius 1 is 1.17 bits per heavy atom. The minimum absolute atomic E-state index is 0.239. The van der Waals surface area contributed by atoms with Gasteiger partial charge in [-0.1, -0.05) is 0 Å². The maximum atomic E-state index is 12.2. The van der Waals surface area contributed by atoms with Crippen LogP contribution in [0.25, 0.3) is 5.82 Å². The van der Waals surface area contributed by atoms with Crippen molar-refractivity contribution in [2.24, 2.45) is 0 Å². The fraction of sp³-hybridized carbons (Fsp3) is 0.125. The van der Waals surface area contributed by atoms with Crippen LogP contribution >= 0.6 is 0 Å². The number of nitrogens with one attached hydrogen (secondary N) is 1. The molecule has 0 atom stereocenters. The van der Waals surface area contributed by atoms with Gasteiger partial charge in [0.2, 0.25) is 0 Å². The van der Waals surface area contributed by atoms with Gasteiger partial charge >= 0.3 is 0 Å². The van der Waals surface area contributed by atoms with Crippen LogP contribution in [-0.2, 0) is 0 Å². The molecular weight excluding hydrogens is 294 g/mol. The molecule has 0 spiro atoms. The first-order valence-corrected chi connectivity index (χ1v) is 7.12. The van der Waals surface area contributed by atoms with Gasteiger partial charge in [-0.25, -0.2) is 4.98 Å². The third-order valence-electron chi connectivity index (χ3n) is 3.08. The molecular formula is C16H15N5O2. The lowest BCUT2D eigenvalue weighted by atomic mass is 10.3. The molecule has 7 nitrogen and oxygen atoms in total. The van der Waals surface area contributed by atoms with Crippen molar-refractivity contribution in [1.29, 1.82) is 0 Å². The molecule has 0 aliphatic carbocycles. The highest BCUT2D eigenvalue weighted by Gasteiger charge is 2.09. The van der Waals surface area contributed by atoms with E-state index in [1.54, 1.807) is 59.7 Å². The summed E-state index contributed by atoms with van der Waals surface area (Å²) in [6.45, 7) is 2.52. The molecule has 1 N–H and O–H groups in total. The van der Waals surface area contributed by atoms with Crippen molar-refractivity contribution < 1.29 is 9.53 Å². The molecule has 0 radical (unpaired) electrons. The fourth-order valence-corrected chi connectivity index (χ4v) is 1.97. The van der Waals surface area contributed by atoms with E-state index in [1.807, 2.05) is 6.92 Å². The molecule has 0 saturated heterocycles. The van der Waals surface area contributed by atoms with Gasteiger partial charge in [0.1, 0.15) is 12.1 Å². The van der Waals surface area contributed by atoms with Crippen molar-refractivity contribution in [3.05, 3.63) is 60.8 Å². The number of nitrogens with zero attached hydrogens (tertiary/aromatic N) is 4. The van der Waals surface area contributed by atoms with Crippen molar-refractivity contribution in [3.63, 3.8) is 0 Å². The molecule has 7 heteroatoms. The van der Waals surface area contributed by atoms with Crippen LogP contribution in [0.4, 0.5) is 5.69 Å². The molecule has 3 rings (SSSR count). The molecule has 0 aliphatic rings. The second-order valence-corrected chi connectivity index (χ2v) is 4.66. The van der Waals surface area contributed by atoms with Crippen molar-refractivity contribution in [2.45, 2.75) is 6.92 Å². The Labute approximate surface area is 133 Å². The third kappa shape index (κ3) is 3.52. The number of carbonyl (C=O) groups excluding carboxylic acids is 1. The van der Waals surface area contributed by atoms with Crippen LogP contribution < -0.4 is 10.1 Å². The Morgan fingerprint density at radius 2 is 2.00 bits per heavy atom. The number of ether oxygens (including phenoxy) is 1. The van der Waals surface area contributed by atoms with Crippen LogP contribution in [0.1, 0.15) is 17.4 Å². The number of hydrogen-bond donors (Lipinski definition) is 1. The first-order valence-electron chi connectivity index (χ1n) is 7.12. The molecule has 0 bridgehead atoms. The summed E-state index contributed by atoms with van der Waals surface area (Å²) in [6, 6.07) is 10.5.